The van der Waals surface area contributed by atoms with Crippen LogP contribution in [0.4, 0.5) is 0 Å². The lowest BCUT2D eigenvalue weighted by molar-refractivity contribution is 0.0477. The van der Waals surface area contributed by atoms with Gasteiger partial charge in [-0.3, -0.25) is 5.41 Å². The molecule has 0 radical (unpaired) electrons. The lowest BCUT2D eigenvalue weighted by atomic mass is 9.89. The zero-order valence-electron chi connectivity index (χ0n) is 15.0. The molecule has 2 rings (SSSR count). The monoisotopic (exact) mass is 318 g/mol. The van der Waals surface area contributed by atoms with Gasteiger partial charge >= 0.3 is 0 Å². The Morgan fingerprint density at radius 2 is 1.70 bits per heavy atom. The van der Waals surface area contributed by atoms with Gasteiger partial charge in [0.05, 0.1) is 23.7 Å². The second-order valence-electron chi connectivity index (χ2n) is 7.61. The number of aromatic nitrogens is 2. The van der Waals surface area contributed by atoms with Crippen LogP contribution < -0.4 is 5.62 Å². The highest BCUT2D eigenvalue weighted by atomic mass is 16.3. The first-order valence-electron chi connectivity index (χ1n) is 8.27. The van der Waals surface area contributed by atoms with Crippen LogP contribution in [0, 0.1) is 10.8 Å². The van der Waals surface area contributed by atoms with Crippen molar-refractivity contribution in [2.45, 2.75) is 46.4 Å². The van der Waals surface area contributed by atoms with Crippen LogP contribution in [0.15, 0.2) is 24.3 Å². The van der Waals surface area contributed by atoms with Crippen molar-refractivity contribution < 1.29 is 5.11 Å². The summed E-state index contributed by atoms with van der Waals surface area (Å²) >= 11 is 0. The predicted molar refractivity (Wildman–Crippen MR) is 94.4 cm³/mol. The number of nitrogens with zero attached hydrogens (tertiary/aromatic N) is 3. The van der Waals surface area contributed by atoms with Crippen LogP contribution in [0.1, 0.15) is 27.2 Å². The van der Waals surface area contributed by atoms with Gasteiger partial charge in [0.1, 0.15) is 0 Å². The molecule has 5 nitrogen and oxygen atoms in total. The number of aryl methyl sites for hydroxylation is 1. The molecule has 0 aliphatic rings. The summed E-state index contributed by atoms with van der Waals surface area (Å²) < 4.78 is 3.98. The van der Waals surface area contributed by atoms with Crippen molar-refractivity contribution in [2.24, 2.45) is 5.41 Å². The highest BCUT2D eigenvalue weighted by molar-refractivity contribution is 5.75. The van der Waals surface area contributed by atoms with Crippen molar-refractivity contribution in [1.29, 1.82) is 5.41 Å². The first kappa shape index (κ1) is 17.8. The Morgan fingerprint density at radius 1 is 1.13 bits per heavy atom. The third kappa shape index (κ3) is 4.03. The van der Waals surface area contributed by atoms with Crippen molar-refractivity contribution in [3.05, 3.63) is 29.9 Å². The van der Waals surface area contributed by atoms with E-state index < -0.39 is 6.10 Å². The van der Waals surface area contributed by atoms with Crippen LogP contribution in [-0.4, -0.2) is 45.9 Å². The van der Waals surface area contributed by atoms with Gasteiger partial charge in [0.15, 0.2) is 0 Å². The largest absolute Gasteiger partial charge is 0.391 e. The van der Waals surface area contributed by atoms with E-state index in [4.69, 9.17) is 5.41 Å². The van der Waals surface area contributed by atoms with Crippen molar-refractivity contribution in [3.63, 3.8) is 0 Å². The van der Waals surface area contributed by atoms with Gasteiger partial charge in [-0.25, -0.2) is 0 Å². The molecule has 1 heterocycles. The van der Waals surface area contributed by atoms with Crippen LogP contribution >= 0.6 is 0 Å². The van der Waals surface area contributed by atoms with Crippen molar-refractivity contribution in [2.75, 3.05) is 20.6 Å². The normalized spacial score (nSPS) is 13.9. The third-order valence-electron chi connectivity index (χ3n) is 4.32. The van der Waals surface area contributed by atoms with Gasteiger partial charge in [-0.2, -0.15) is 0 Å². The number of aliphatic hydroxyl groups excluding tert-OH is 1. The maximum absolute atomic E-state index is 10.5. The molecule has 0 unspecified atom stereocenters. The number of imidazole rings is 1. The molecule has 1 aromatic carbocycles. The molecule has 0 saturated carbocycles. The molecule has 128 valence electrons. The SMILES string of the molecule is CN(C)CCCn1c(=N)n(C[C@@H](O)C(C)(C)C)c2ccccc21. The highest BCUT2D eigenvalue weighted by Crippen LogP contribution is 2.22. The van der Waals surface area contributed by atoms with Gasteiger partial charge in [-0.05, 0) is 44.6 Å². The summed E-state index contributed by atoms with van der Waals surface area (Å²) in [6.07, 6.45) is 0.511. The molecule has 0 bridgehead atoms. The molecule has 2 N–H and O–H groups in total. The van der Waals surface area contributed by atoms with E-state index in [0.717, 1.165) is 30.5 Å². The molecule has 0 saturated heterocycles. The number of rotatable bonds is 6. The van der Waals surface area contributed by atoms with E-state index >= 15 is 0 Å². The first-order valence-corrected chi connectivity index (χ1v) is 8.27. The Balaban J connectivity index is 2.38. The Bertz CT molecular complexity index is 706. The number of hydrogen-bond donors (Lipinski definition) is 2. The fourth-order valence-corrected chi connectivity index (χ4v) is 2.70. The van der Waals surface area contributed by atoms with Gasteiger partial charge in [-0.15, -0.1) is 0 Å². The molecule has 0 spiro atoms. The minimum atomic E-state index is -0.488. The Kier molecular flexibility index (Phi) is 5.32. The zero-order valence-corrected chi connectivity index (χ0v) is 15.0. The van der Waals surface area contributed by atoms with E-state index in [0.29, 0.717) is 12.2 Å². The fraction of sp³-hybridized carbons (Fsp3) is 0.611. The molecular formula is C18H30N4O. The van der Waals surface area contributed by atoms with Gasteiger partial charge in [0.2, 0.25) is 5.62 Å². The smallest absolute Gasteiger partial charge is 0.203 e. The molecule has 1 atom stereocenters. The van der Waals surface area contributed by atoms with E-state index in [2.05, 4.69) is 25.1 Å². The van der Waals surface area contributed by atoms with Crippen LogP contribution in [0.3, 0.4) is 0 Å². The number of nitrogens with one attached hydrogen (secondary N) is 1. The first-order chi connectivity index (χ1) is 10.7. The van der Waals surface area contributed by atoms with Crippen molar-refractivity contribution in [1.82, 2.24) is 14.0 Å². The lowest BCUT2D eigenvalue weighted by Crippen LogP contribution is -2.35. The van der Waals surface area contributed by atoms with Crippen molar-refractivity contribution in [3.8, 4) is 0 Å². The number of hydrogen-bond acceptors (Lipinski definition) is 3. The topological polar surface area (TPSA) is 57.2 Å². The molecule has 0 amide bonds. The molecule has 0 aliphatic heterocycles. The number of aliphatic hydroxyl groups is 1. The number of fused-ring (bicyclic) bond motifs is 1. The minimum absolute atomic E-state index is 0.201. The van der Waals surface area contributed by atoms with Crippen LogP contribution in [0.5, 0.6) is 0 Å². The van der Waals surface area contributed by atoms with E-state index in [1.54, 1.807) is 0 Å². The minimum Gasteiger partial charge on any atom is -0.391 e. The van der Waals surface area contributed by atoms with Gasteiger partial charge in [0.25, 0.3) is 0 Å². The maximum Gasteiger partial charge on any atom is 0.203 e. The standard InChI is InChI=1S/C18H30N4O/c1-18(2,3)16(23)13-22-15-10-7-6-9-14(15)21(17(22)19)12-8-11-20(4)5/h6-7,9-10,16,19,23H,8,11-13H2,1-5H3/t16-/m1/s1. The van der Waals surface area contributed by atoms with Crippen LogP contribution in [-0.2, 0) is 13.1 Å². The lowest BCUT2D eigenvalue weighted by Gasteiger charge is -2.26. The van der Waals surface area contributed by atoms with Gasteiger partial charge in [-0.1, -0.05) is 32.9 Å². The predicted octanol–water partition coefficient (Wildman–Crippen LogP) is 2.28. The maximum atomic E-state index is 10.5. The molecule has 0 fully saturated rings. The third-order valence-corrected chi connectivity index (χ3v) is 4.32. The quantitative estimate of drug-likeness (QED) is 0.858. The second kappa shape index (κ2) is 6.89. The zero-order chi connectivity index (χ0) is 17.2. The molecular weight excluding hydrogens is 288 g/mol. The van der Waals surface area contributed by atoms with E-state index in [1.807, 2.05) is 48.1 Å². The molecule has 0 aliphatic carbocycles. The summed E-state index contributed by atoms with van der Waals surface area (Å²) in [6, 6.07) is 8.09. The van der Waals surface area contributed by atoms with E-state index in [9.17, 15) is 5.11 Å². The number of benzene rings is 1. The Labute approximate surface area is 138 Å². The molecule has 1 aromatic heterocycles. The molecule has 2 aromatic rings. The van der Waals surface area contributed by atoms with Crippen LogP contribution in [0.25, 0.3) is 11.0 Å². The fourth-order valence-electron chi connectivity index (χ4n) is 2.70. The van der Waals surface area contributed by atoms with Crippen molar-refractivity contribution >= 4 is 11.0 Å². The summed E-state index contributed by atoms with van der Waals surface area (Å²) in [5, 5.41) is 19.0. The van der Waals surface area contributed by atoms with Gasteiger partial charge < -0.3 is 19.1 Å². The Hall–Kier alpha value is -1.59. The summed E-state index contributed by atoms with van der Waals surface area (Å²) in [7, 11) is 4.13. The van der Waals surface area contributed by atoms with Crippen LogP contribution in [0.2, 0.25) is 0 Å². The average molecular weight is 318 g/mol. The summed E-state index contributed by atoms with van der Waals surface area (Å²) in [5.41, 5.74) is 2.35. The molecule has 5 heteroatoms. The number of para-hydroxylation sites is 2. The highest BCUT2D eigenvalue weighted by Gasteiger charge is 2.24. The van der Waals surface area contributed by atoms with E-state index in [-0.39, 0.29) is 5.41 Å². The van der Waals surface area contributed by atoms with E-state index in [1.165, 1.54) is 0 Å². The van der Waals surface area contributed by atoms with Gasteiger partial charge in [0, 0.05) is 6.54 Å². The second-order valence-corrected chi connectivity index (χ2v) is 7.61. The molecule has 23 heavy (non-hydrogen) atoms. The summed E-state index contributed by atoms with van der Waals surface area (Å²) in [5.74, 6) is 0. The summed E-state index contributed by atoms with van der Waals surface area (Å²) in [4.78, 5) is 2.16. The Morgan fingerprint density at radius 3 is 2.22 bits per heavy atom. The summed E-state index contributed by atoms with van der Waals surface area (Å²) in [6.45, 7) is 8.34. The average Bonchev–Trinajstić information content (AvgIpc) is 2.71.